The quantitative estimate of drug-likeness (QED) is 0.382. The maximum Gasteiger partial charge on any atom is 0.394 e. The fourth-order valence-corrected chi connectivity index (χ4v) is 1.13. The molecule has 1 aromatic carbocycles. The molecule has 0 aliphatic rings. The zero-order valence-electron chi connectivity index (χ0n) is 8.75. The fraction of sp³-hybridized carbons (Fsp3) is 0. The van der Waals surface area contributed by atoms with Gasteiger partial charge in [-0.05, 0) is 6.07 Å². The van der Waals surface area contributed by atoms with Crippen LogP contribution in [0.15, 0.2) is 18.2 Å². The average Bonchev–Trinajstić information content (AvgIpc) is 2.28. The number of carboxylic acid groups (broad SMARTS) is 1. The second-order valence-electron chi connectivity index (χ2n) is 3.11. The second kappa shape index (κ2) is 4.91. The Morgan fingerprint density at radius 3 is 2.39 bits per heavy atom. The Balaban J connectivity index is 3.20. The molecule has 0 bridgehead atoms. The van der Waals surface area contributed by atoms with Crippen molar-refractivity contribution in [1.82, 2.24) is 0 Å². The molecule has 0 spiro atoms. The zero-order valence-corrected chi connectivity index (χ0v) is 8.75. The molecule has 0 unspecified atom stereocenters. The maximum absolute atomic E-state index is 11.0. The van der Waals surface area contributed by atoms with Gasteiger partial charge in [0.25, 0.3) is 11.6 Å². The molecule has 0 aromatic heterocycles. The summed E-state index contributed by atoms with van der Waals surface area (Å²) in [6, 6.07) is 2.88. The van der Waals surface area contributed by atoms with Gasteiger partial charge in [0.2, 0.25) is 0 Å². The maximum atomic E-state index is 11.0. The van der Waals surface area contributed by atoms with Crippen molar-refractivity contribution in [1.29, 1.82) is 0 Å². The number of nitrogens with one attached hydrogen (secondary N) is 1. The van der Waals surface area contributed by atoms with Crippen molar-refractivity contribution >= 4 is 29.2 Å². The molecule has 0 radical (unpaired) electrons. The third kappa shape index (κ3) is 2.78. The molecule has 0 heterocycles. The van der Waals surface area contributed by atoms with Crippen molar-refractivity contribution in [2.45, 2.75) is 0 Å². The summed E-state index contributed by atoms with van der Waals surface area (Å²) in [5, 5.41) is 20.8. The molecule has 1 rings (SSSR count). The lowest BCUT2D eigenvalue weighted by molar-refractivity contribution is -0.384. The largest absolute Gasteiger partial charge is 0.474 e. The van der Waals surface area contributed by atoms with Crippen LogP contribution in [0.5, 0.6) is 0 Å². The van der Waals surface area contributed by atoms with Gasteiger partial charge in [0, 0.05) is 12.1 Å². The number of hydrogen-bond donors (Lipinski definition) is 3. The highest BCUT2D eigenvalue weighted by Crippen LogP contribution is 2.21. The molecule has 0 aliphatic carbocycles. The van der Waals surface area contributed by atoms with Crippen LogP contribution in [0.1, 0.15) is 10.4 Å². The van der Waals surface area contributed by atoms with Gasteiger partial charge in [-0.2, -0.15) is 0 Å². The number of nitro groups is 1. The number of anilines is 1. The predicted molar refractivity (Wildman–Crippen MR) is 57.9 cm³/mol. The molecule has 0 saturated heterocycles. The molecule has 0 atom stereocenters. The van der Waals surface area contributed by atoms with Crippen molar-refractivity contribution in [2.24, 2.45) is 5.73 Å². The number of carbonyl (C=O) groups is 3. The number of primary amides is 1. The van der Waals surface area contributed by atoms with E-state index in [2.05, 4.69) is 0 Å². The first-order chi connectivity index (χ1) is 8.32. The summed E-state index contributed by atoms with van der Waals surface area (Å²) in [5.41, 5.74) is 4.01. The Kier molecular flexibility index (Phi) is 3.57. The number of hydrogen-bond acceptors (Lipinski definition) is 5. The molecular formula is C9H7N3O6. The Bertz CT molecular complexity index is 553. The van der Waals surface area contributed by atoms with E-state index in [-0.39, 0.29) is 11.3 Å². The van der Waals surface area contributed by atoms with Gasteiger partial charge in [0.15, 0.2) is 0 Å². The lowest BCUT2D eigenvalue weighted by atomic mass is 10.1. The Morgan fingerprint density at radius 1 is 1.33 bits per heavy atom. The Morgan fingerprint density at radius 2 is 1.94 bits per heavy atom. The molecule has 9 heteroatoms. The minimum absolute atomic E-state index is 0.208. The minimum atomic E-state index is -1.76. The van der Waals surface area contributed by atoms with E-state index in [9.17, 15) is 24.5 Å². The molecule has 0 aliphatic heterocycles. The third-order valence-electron chi connectivity index (χ3n) is 1.92. The molecule has 18 heavy (non-hydrogen) atoms. The summed E-state index contributed by atoms with van der Waals surface area (Å²) in [6.07, 6.45) is 0. The van der Waals surface area contributed by atoms with Crippen LogP contribution in [-0.4, -0.2) is 27.8 Å². The van der Waals surface area contributed by atoms with E-state index in [4.69, 9.17) is 10.8 Å². The molecule has 9 nitrogen and oxygen atoms in total. The first kappa shape index (κ1) is 13.1. The van der Waals surface area contributed by atoms with E-state index >= 15 is 0 Å². The number of non-ortho nitro benzene ring substituents is 1. The van der Waals surface area contributed by atoms with Gasteiger partial charge in [0.1, 0.15) is 0 Å². The van der Waals surface area contributed by atoms with Crippen molar-refractivity contribution in [2.75, 3.05) is 5.32 Å². The number of aliphatic carboxylic acids is 1. The smallest absolute Gasteiger partial charge is 0.394 e. The van der Waals surface area contributed by atoms with E-state index in [1.807, 2.05) is 5.32 Å². The molecule has 1 aromatic rings. The number of nitrogens with zero attached hydrogens (tertiary/aromatic N) is 1. The lowest BCUT2D eigenvalue weighted by Crippen LogP contribution is -2.24. The molecule has 94 valence electrons. The highest BCUT2D eigenvalue weighted by atomic mass is 16.6. The van der Waals surface area contributed by atoms with Gasteiger partial charge in [0.05, 0.1) is 16.2 Å². The predicted octanol–water partition coefficient (Wildman–Crippen LogP) is -0.283. The van der Waals surface area contributed by atoms with Crippen LogP contribution in [-0.2, 0) is 9.59 Å². The van der Waals surface area contributed by atoms with Gasteiger partial charge in [-0.1, -0.05) is 0 Å². The van der Waals surface area contributed by atoms with E-state index in [0.717, 1.165) is 18.2 Å². The zero-order chi connectivity index (χ0) is 13.9. The standard InChI is InChI=1S/C9H7N3O6/c10-7(13)5-3-4(12(17)18)1-2-6(5)11-8(14)9(15)16/h1-3H,(H2,10,13)(H,11,14)(H,15,16). The summed E-state index contributed by atoms with van der Waals surface area (Å²) in [6.45, 7) is 0. The summed E-state index contributed by atoms with van der Waals surface area (Å²) in [4.78, 5) is 42.0. The Labute approximate surface area is 99.3 Å². The van der Waals surface area contributed by atoms with Gasteiger partial charge in [-0.25, -0.2) is 4.79 Å². The number of nitro benzene ring substituents is 1. The number of benzene rings is 1. The molecule has 0 saturated carbocycles. The van der Waals surface area contributed by atoms with Crippen LogP contribution in [0, 0.1) is 10.1 Å². The van der Waals surface area contributed by atoms with Crippen LogP contribution in [0.2, 0.25) is 0 Å². The summed E-state index contributed by atoms with van der Waals surface area (Å²) < 4.78 is 0. The molecule has 2 amide bonds. The lowest BCUT2D eigenvalue weighted by Gasteiger charge is -2.06. The number of amides is 2. The van der Waals surface area contributed by atoms with Crippen molar-refractivity contribution in [3.63, 3.8) is 0 Å². The highest BCUT2D eigenvalue weighted by molar-refractivity contribution is 6.36. The molecular weight excluding hydrogens is 246 g/mol. The number of rotatable bonds is 3. The topological polar surface area (TPSA) is 153 Å². The van der Waals surface area contributed by atoms with Crippen LogP contribution >= 0.6 is 0 Å². The van der Waals surface area contributed by atoms with E-state index in [0.29, 0.717) is 0 Å². The highest BCUT2D eigenvalue weighted by Gasteiger charge is 2.18. The fourth-order valence-electron chi connectivity index (χ4n) is 1.13. The third-order valence-corrected chi connectivity index (χ3v) is 1.92. The number of carbonyl (C=O) groups excluding carboxylic acids is 2. The van der Waals surface area contributed by atoms with Crippen LogP contribution in [0.4, 0.5) is 11.4 Å². The summed E-state index contributed by atoms with van der Waals surface area (Å²) >= 11 is 0. The number of carboxylic acids is 1. The van der Waals surface area contributed by atoms with Crippen LogP contribution < -0.4 is 11.1 Å². The van der Waals surface area contributed by atoms with E-state index in [1.165, 1.54) is 0 Å². The summed E-state index contributed by atoms with van der Waals surface area (Å²) in [5.74, 6) is -4.17. The van der Waals surface area contributed by atoms with Crippen LogP contribution in [0.3, 0.4) is 0 Å². The first-order valence-electron chi connectivity index (χ1n) is 4.45. The van der Waals surface area contributed by atoms with Crippen molar-refractivity contribution in [3.05, 3.63) is 33.9 Å². The number of nitrogens with two attached hydrogens (primary N) is 1. The van der Waals surface area contributed by atoms with E-state index < -0.39 is 28.4 Å². The molecule has 0 fully saturated rings. The van der Waals surface area contributed by atoms with Crippen LogP contribution in [0.25, 0.3) is 0 Å². The second-order valence-corrected chi connectivity index (χ2v) is 3.11. The molecule has 4 N–H and O–H groups in total. The van der Waals surface area contributed by atoms with Crippen molar-refractivity contribution < 1.29 is 24.4 Å². The van der Waals surface area contributed by atoms with E-state index in [1.54, 1.807) is 0 Å². The van der Waals surface area contributed by atoms with Gasteiger partial charge in [-0.3, -0.25) is 19.7 Å². The van der Waals surface area contributed by atoms with Crippen molar-refractivity contribution in [3.8, 4) is 0 Å². The monoisotopic (exact) mass is 253 g/mol. The Hall–Kier alpha value is -2.97. The van der Waals surface area contributed by atoms with Gasteiger partial charge in [-0.15, -0.1) is 0 Å². The van der Waals surface area contributed by atoms with Gasteiger partial charge < -0.3 is 16.2 Å². The van der Waals surface area contributed by atoms with Gasteiger partial charge >= 0.3 is 11.9 Å². The average molecular weight is 253 g/mol. The first-order valence-corrected chi connectivity index (χ1v) is 4.45. The minimum Gasteiger partial charge on any atom is -0.474 e. The SMILES string of the molecule is NC(=O)c1cc([N+](=O)[O-])ccc1NC(=O)C(=O)O. The summed E-state index contributed by atoms with van der Waals surface area (Å²) in [7, 11) is 0. The normalized spacial score (nSPS) is 9.56.